The second-order valence-corrected chi connectivity index (χ2v) is 6.60. The summed E-state index contributed by atoms with van der Waals surface area (Å²) < 4.78 is 12.2. The Morgan fingerprint density at radius 1 is 1.04 bits per heavy atom. The molecule has 6 nitrogen and oxygen atoms in total. The molecule has 0 spiro atoms. The SMILES string of the molecule is Cc1ncccc1Oc1ccc(NC(=O)Oc2csc3ccccc23)cn1. The molecule has 0 atom stereocenters. The van der Waals surface area contributed by atoms with Crippen LogP contribution in [0.2, 0.25) is 0 Å². The van der Waals surface area contributed by atoms with Gasteiger partial charge in [-0.2, -0.15) is 0 Å². The van der Waals surface area contributed by atoms with Crippen molar-refractivity contribution in [3.8, 4) is 17.4 Å². The lowest BCUT2D eigenvalue weighted by molar-refractivity contribution is 0.216. The van der Waals surface area contributed by atoms with Crippen LogP contribution in [0.1, 0.15) is 5.69 Å². The van der Waals surface area contributed by atoms with E-state index in [2.05, 4.69) is 15.3 Å². The Hall–Kier alpha value is -3.45. The van der Waals surface area contributed by atoms with Crippen molar-refractivity contribution >= 4 is 33.2 Å². The molecule has 1 N–H and O–H groups in total. The smallest absolute Gasteiger partial charge is 0.417 e. The normalized spacial score (nSPS) is 10.6. The predicted octanol–water partition coefficient (Wildman–Crippen LogP) is 5.40. The number of thiophene rings is 1. The molecule has 0 saturated carbocycles. The van der Waals surface area contributed by atoms with Gasteiger partial charge >= 0.3 is 6.09 Å². The molecule has 1 aromatic carbocycles. The summed E-state index contributed by atoms with van der Waals surface area (Å²) in [4.78, 5) is 20.5. The number of fused-ring (bicyclic) bond motifs is 1. The molecule has 7 heteroatoms. The quantitative estimate of drug-likeness (QED) is 0.515. The number of rotatable bonds is 4. The van der Waals surface area contributed by atoms with Crippen LogP contribution in [0.5, 0.6) is 17.4 Å². The van der Waals surface area contributed by atoms with Gasteiger partial charge < -0.3 is 9.47 Å². The van der Waals surface area contributed by atoms with Gasteiger partial charge in [0.05, 0.1) is 17.6 Å². The molecule has 0 fully saturated rings. The van der Waals surface area contributed by atoms with E-state index >= 15 is 0 Å². The molecule has 4 rings (SSSR count). The number of carbonyl (C=O) groups excluding carboxylic acids is 1. The second kappa shape index (κ2) is 7.43. The summed E-state index contributed by atoms with van der Waals surface area (Å²) in [5.41, 5.74) is 1.28. The highest BCUT2D eigenvalue weighted by Gasteiger charge is 2.11. The molecule has 3 aromatic heterocycles. The Morgan fingerprint density at radius 3 is 2.74 bits per heavy atom. The van der Waals surface area contributed by atoms with Crippen LogP contribution < -0.4 is 14.8 Å². The molecule has 0 saturated heterocycles. The fourth-order valence-electron chi connectivity index (χ4n) is 2.48. The molecule has 0 aliphatic rings. The predicted molar refractivity (Wildman–Crippen MR) is 105 cm³/mol. The van der Waals surface area contributed by atoms with Crippen molar-refractivity contribution < 1.29 is 14.3 Å². The van der Waals surface area contributed by atoms with Gasteiger partial charge in [-0.15, -0.1) is 11.3 Å². The van der Waals surface area contributed by atoms with E-state index in [9.17, 15) is 4.79 Å². The van der Waals surface area contributed by atoms with E-state index in [4.69, 9.17) is 9.47 Å². The number of aryl methyl sites for hydroxylation is 1. The Bertz CT molecular complexity index is 1090. The average Bonchev–Trinajstić information content (AvgIpc) is 3.08. The molecule has 1 amide bonds. The van der Waals surface area contributed by atoms with Crippen LogP contribution in [0.3, 0.4) is 0 Å². The minimum atomic E-state index is -0.572. The van der Waals surface area contributed by atoms with Crippen molar-refractivity contribution in [2.75, 3.05) is 5.32 Å². The number of hydrogen-bond donors (Lipinski definition) is 1. The summed E-state index contributed by atoms with van der Waals surface area (Å²) in [5.74, 6) is 1.58. The number of anilines is 1. The fourth-order valence-corrected chi connectivity index (χ4v) is 3.34. The fraction of sp³-hybridized carbons (Fsp3) is 0.0500. The standard InChI is InChI=1S/C20H15N3O3S/c1-13-16(6-4-10-21-13)25-19-9-8-14(11-22-19)23-20(24)26-17-12-27-18-7-3-2-5-15(17)18/h2-12H,1H3,(H,23,24). The van der Waals surface area contributed by atoms with Crippen LogP contribution in [0.25, 0.3) is 10.1 Å². The van der Waals surface area contributed by atoms with Gasteiger partial charge in [-0.3, -0.25) is 10.3 Å². The molecule has 0 radical (unpaired) electrons. The number of pyridine rings is 2. The third kappa shape index (κ3) is 3.88. The van der Waals surface area contributed by atoms with Crippen molar-refractivity contribution in [1.82, 2.24) is 9.97 Å². The van der Waals surface area contributed by atoms with Crippen LogP contribution in [0, 0.1) is 6.92 Å². The minimum Gasteiger partial charge on any atom is -0.437 e. The van der Waals surface area contributed by atoms with E-state index in [0.717, 1.165) is 15.8 Å². The lowest BCUT2D eigenvalue weighted by Crippen LogP contribution is -2.16. The van der Waals surface area contributed by atoms with Crippen LogP contribution >= 0.6 is 11.3 Å². The first-order valence-electron chi connectivity index (χ1n) is 8.19. The number of nitrogens with one attached hydrogen (secondary N) is 1. The third-order valence-electron chi connectivity index (χ3n) is 3.80. The minimum absolute atomic E-state index is 0.411. The molecular weight excluding hydrogens is 362 g/mol. The molecule has 0 aliphatic carbocycles. The van der Waals surface area contributed by atoms with Gasteiger partial charge in [-0.25, -0.2) is 9.78 Å². The van der Waals surface area contributed by atoms with Crippen molar-refractivity contribution in [2.45, 2.75) is 6.92 Å². The first-order chi connectivity index (χ1) is 13.2. The lowest BCUT2D eigenvalue weighted by atomic mass is 10.2. The molecule has 4 aromatic rings. The van der Waals surface area contributed by atoms with Gasteiger partial charge in [0, 0.05) is 27.7 Å². The maximum Gasteiger partial charge on any atom is 0.417 e. The number of hydrogen-bond acceptors (Lipinski definition) is 6. The van der Waals surface area contributed by atoms with Gasteiger partial charge in [-0.05, 0) is 37.3 Å². The first kappa shape index (κ1) is 17.0. The highest BCUT2D eigenvalue weighted by atomic mass is 32.1. The van der Waals surface area contributed by atoms with E-state index in [1.165, 1.54) is 17.5 Å². The van der Waals surface area contributed by atoms with Crippen LogP contribution in [0.4, 0.5) is 10.5 Å². The zero-order chi connectivity index (χ0) is 18.6. The molecule has 134 valence electrons. The highest BCUT2D eigenvalue weighted by molar-refractivity contribution is 7.17. The van der Waals surface area contributed by atoms with E-state index in [0.29, 0.717) is 23.1 Å². The average molecular weight is 377 g/mol. The lowest BCUT2D eigenvalue weighted by Gasteiger charge is -2.08. The number of ether oxygens (including phenoxy) is 2. The van der Waals surface area contributed by atoms with Gasteiger partial charge in [0.15, 0.2) is 11.5 Å². The summed E-state index contributed by atoms with van der Waals surface area (Å²) in [7, 11) is 0. The first-order valence-corrected chi connectivity index (χ1v) is 9.07. The molecule has 0 bridgehead atoms. The molecule has 3 heterocycles. The summed E-state index contributed by atoms with van der Waals surface area (Å²) in [6.45, 7) is 1.86. The maximum atomic E-state index is 12.1. The van der Waals surface area contributed by atoms with Gasteiger partial charge in [-0.1, -0.05) is 12.1 Å². The van der Waals surface area contributed by atoms with Crippen molar-refractivity contribution in [2.24, 2.45) is 0 Å². The van der Waals surface area contributed by atoms with Crippen LogP contribution in [0.15, 0.2) is 66.3 Å². The van der Waals surface area contributed by atoms with E-state index in [1.54, 1.807) is 24.4 Å². The number of amides is 1. The largest absolute Gasteiger partial charge is 0.437 e. The van der Waals surface area contributed by atoms with E-state index in [1.807, 2.05) is 42.6 Å². The van der Waals surface area contributed by atoms with Gasteiger partial charge in [0.1, 0.15) is 0 Å². The summed E-state index contributed by atoms with van der Waals surface area (Å²) >= 11 is 1.53. The van der Waals surface area contributed by atoms with Crippen molar-refractivity contribution in [3.63, 3.8) is 0 Å². The van der Waals surface area contributed by atoms with Gasteiger partial charge in [0.2, 0.25) is 5.88 Å². The molecule has 0 unspecified atom stereocenters. The van der Waals surface area contributed by atoms with Crippen LogP contribution in [-0.2, 0) is 0 Å². The Labute approximate surface area is 159 Å². The summed E-state index contributed by atoms with van der Waals surface area (Å²) in [6, 6.07) is 14.7. The molecular formula is C20H15N3O3S. The van der Waals surface area contributed by atoms with Crippen molar-refractivity contribution in [1.29, 1.82) is 0 Å². The number of benzene rings is 1. The topological polar surface area (TPSA) is 73.3 Å². The number of aromatic nitrogens is 2. The second-order valence-electron chi connectivity index (χ2n) is 5.68. The van der Waals surface area contributed by atoms with Crippen molar-refractivity contribution in [3.05, 3.63) is 72.0 Å². The Morgan fingerprint density at radius 2 is 1.93 bits per heavy atom. The summed E-state index contributed by atoms with van der Waals surface area (Å²) in [6.07, 6.45) is 2.64. The molecule has 0 aliphatic heterocycles. The third-order valence-corrected chi connectivity index (χ3v) is 4.75. The van der Waals surface area contributed by atoms with Crippen LogP contribution in [-0.4, -0.2) is 16.1 Å². The van der Waals surface area contributed by atoms with E-state index < -0.39 is 6.09 Å². The highest BCUT2D eigenvalue weighted by Crippen LogP contribution is 2.32. The number of carbonyl (C=O) groups is 1. The zero-order valence-electron chi connectivity index (χ0n) is 14.4. The van der Waals surface area contributed by atoms with Gasteiger partial charge in [0.25, 0.3) is 0 Å². The van der Waals surface area contributed by atoms with E-state index in [-0.39, 0.29) is 0 Å². The number of nitrogens with zero attached hydrogens (tertiary/aromatic N) is 2. The monoisotopic (exact) mass is 377 g/mol. The summed E-state index contributed by atoms with van der Waals surface area (Å²) in [5, 5.41) is 5.38. The maximum absolute atomic E-state index is 12.1. The zero-order valence-corrected chi connectivity index (χ0v) is 15.2. The molecule has 27 heavy (non-hydrogen) atoms. The Balaban J connectivity index is 1.41. The Kier molecular flexibility index (Phi) is 4.67.